The number of likely N-dealkylation sites (N-methyl/N-ethyl adjacent to an activating group) is 1. The molecule has 4 heteroatoms. The maximum atomic E-state index is 5.86. The summed E-state index contributed by atoms with van der Waals surface area (Å²) in [4.78, 5) is 9.32. The van der Waals surface area contributed by atoms with Gasteiger partial charge in [-0.15, -0.1) is 0 Å². The molecular weight excluding hydrogens is 226 g/mol. The van der Waals surface area contributed by atoms with Crippen LogP contribution in [0.15, 0.2) is 22.6 Å². The van der Waals surface area contributed by atoms with Crippen LogP contribution in [-0.4, -0.2) is 48.0 Å². The molecule has 0 saturated carbocycles. The highest BCUT2D eigenvalue weighted by Gasteiger charge is 2.16. The van der Waals surface area contributed by atoms with Crippen LogP contribution in [0.25, 0.3) is 11.1 Å². The Morgan fingerprint density at radius 2 is 2.00 bits per heavy atom. The Balaban J connectivity index is 1.77. The average Bonchev–Trinajstić information content (AvgIpc) is 2.76. The molecule has 1 fully saturated rings. The maximum absolute atomic E-state index is 5.86. The molecule has 2 aromatic rings. The van der Waals surface area contributed by atoms with Gasteiger partial charge in [-0.2, -0.15) is 0 Å². The lowest BCUT2D eigenvalue weighted by atomic mass is 10.2. The van der Waals surface area contributed by atoms with Crippen molar-refractivity contribution in [1.82, 2.24) is 14.8 Å². The first-order valence-corrected chi connectivity index (χ1v) is 6.48. The summed E-state index contributed by atoms with van der Waals surface area (Å²) in [5, 5.41) is 0. The molecule has 0 unspecified atom stereocenters. The van der Waals surface area contributed by atoms with Gasteiger partial charge in [0.25, 0.3) is 0 Å². The molecule has 0 aliphatic carbocycles. The van der Waals surface area contributed by atoms with E-state index in [2.05, 4.69) is 34.8 Å². The van der Waals surface area contributed by atoms with E-state index in [0.717, 1.165) is 55.3 Å². The van der Waals surface area contributed by atoms with E-state index in [1.165, 1.54) is 0 Å². The molecule has 1 aliphatic heterocycles. The van der Waals surface area contributed by atoms with Crippen molar-refractivity contribution in [1.29, 1.82) is 0 Å². The molecule has 0 radical (unpaired) electrons. The molecule has 3 rings (SSSR count). The predicted molar refractivity (Wildman–Crippen MR) is 71.5 cm³/mol. The number of nitrogens with zero attached hydrogens (tertiary/aromatic N) is 3. The number of oxazole rings is 1. The van der Waals surface area contributed by atoms with Crippen molar-refractivity contribution in [3.05, 3.63) is 29.7 Å². The van der Waals surface area contributed by atoms with Crippen LogP contribution in [0.4, 0.5) is 0 Å². The molecule has 4 nitrogen and oxygen atoms in total. The van der Waals surface area contributed by atoms with Gasteiger partial charge in [0, 0.05) is 26.2 Å². The molecule has 2 heterocycles. The van der Waals surface area contributed by atoms with Gasteiger partial charge in [-0.1, -0.05) is 12.1 Å². The Morgan fingerprint density at radius 3 is 2.72 bits per heavy atom. The monoisotopic (exact) mass is 245 g/mol. The quantitative estimate of drug-likeness (QED) is 0.808. The first kappa shape index (κ1) is 11.7. The molecular formula is C14H19N3O. The summed E-state index contributed by atoms with van der Waals surface area (Å²) in [6, 6.07) is 6.10. The maximum Gasteiger partial charge on any atom is 0.209 e. The fraction of sp³-hybridized carbons (Fsp3) is 0.500. The minimum atomic E-state index is 0.821. The van der Waals surface area contributed by atoms with Crippen LogP contribution >= 0.6 is 0 Å². The predicted octanol–water partition coefficient (Wildman–Crippen LogP) is 1.88. The summed E-state index contributed by atoms with van der Waals surface area (Å²) in [6.45, 7) is 7.32. The van der Waals surface area contributed by atoms with E-state index in [-0.39, 0.29) is 0 Å². The van der Waals surface area contributed by atoms with Crippen LogP contribution in [0.1, 0.15) is 11.5 Å². The molecule has 1 aromatic carbocycles. The van der Waals surface area contributed by atoms with Gasteiger partial charge in [0.2, 0.25) is 5.89 Å². The third-order valence-corrected chi connectivity index (χ3v) is 3.61. The largest absolute Gasteiger partial charge is 0.439 e. The van der Waals surface area contributed by atoms with Gasteiger partial charge in [0.15, 0.2) is 5.58 Å². The first-order valence-electron chi connectivity index (χ1n) is 6.48. The highest BCUT2D eigenvalue weighted by Crippen LogP contribution is 2.20. The SMILES string of the molecule is Cc1cccc2nc(CN3CCN(C)CC3)oc12. The van der Waals surface area contributed by atoms with Gasteiger partial charge in [-0.25, -0.2) is 4.98 Å². The molecule has 1 aliphatic rings. The average molecular weight is 245 g/mol. The zero-order valence-corrected chi connectivity index (χ0v) is 11.0. The minimum absolute atomic E-state index is 0.821. The van der Waals surface area contributed by atoms with Crippen molar-refractivity contribution in [3.8, 4) is 0 Å². The van der Waals surface area contributed by atoms with Crippen molar-refractivity contribution in [3.63, 3.8) is 0 Å². The van der Waals surface area contributed by atoms with Crippen LogP contribution in [0.5, 0.6) is 0 Å². The van der Waals surface area contributed by atoms with E-state index in [0.29, 0.717) is 0 Å². The van der Waals surface area contributed by atoms with Crippen LogP contribution in [0.2, 0.25) is 0 Å². The number of para-hydroxylation sites is 1. The van der Waals surface area contributed by atoms with E-state index in [4.69, 9.17) is 4.42 Å². The van der Waals surface area contributed by atoms with Gasteiger partial charge in [-0.05, 0) is 25.6 Å². The van der Waals surface area contributed by atoms with Gasteiger partial charge in [0.1, 0.15) is 5.52 Å². The number of hydrogen-bond acceptors (Lipinski definition) is 4. The Kier molecular flexibility index (Phi) is 3.06. The van der Waals surface area contributed by atoms with Crippen LogP contribution in [0.3, 0.4) is 0 Å². The van der Waals surface area contributed by atoms with Crippen LogP contribution < -0.4 is 0 Å². The summed E-state index contributed by atoms with van der Waals surface area (Å²) in [7, 11) is 2.17. The summed E-state index contributed by atoms with van der Waals surface area (Å²) >= 11 is 0. The molecule has 0 amide bonds. The van der Waals surface area contributed by atoms with E-state index >= 15 is 0 Å². The first-order chi connectivity index (χ1) is 8.72. The van der Waals surface area contributed by atoms with E-state index in [1.807, 2.05) is 12.1 Å². The molecule has 0 atom stereocenters. The summed E-state index contributed by atoms with van der Waals surface area (Å²) < 4.78 is 5.86. The fourth-order valence-corrected chi connectivity index (χ4v) is 2.40. The molecule has 1 aromatic heterocycles. The standard InChI is InChI=1S/C14H19N3O/c1-11-4-3-5-12-14(11)18-13(15-12)10-17-8-6-16(2)7-9-17/h3-5H,6-10H2,1-2H3. The summed E-state index contributed by atoms with van der Waals surface area (Å²) in [5.74, 6) is 0.837. The zero-order valence-electron chi connectivity index (χ0n) is 11.0. The Labute approximate surface area is 107 Å². The number of aryl methyl sites for hydroxylation is 1. The Bertz CT molecular complexity index is 541. The lowest BCUT2D eigenvalue weighted by Gasteiger charge is -2.31. The minimum Gasteiger partial charge on any atom is -0.439 e. The number of fused-ring (bicyclic) bond motifs is 1. The number of benzene rings is 1. The second-order valence-electron chi connectivity index (χ2n) is 5.11. The third kappa shape index (κ3) is 2.26. The lowest BCUT2D eigenvalue weighted by molar-refractivity contribution is 0.139. The molecule has 1 saturated heterocycles. The van der Waals surface area contributed by atoms with Crippen LogP contribution in [0, 0.1) is 6.92 Å². The lowest BCUT2D eigenvalue weighted by Crippen LogP contribution is -2.43. The second-order valence-corrected chi connectivity index (χ2v) is 5.11. The molecule has 0 spiro atoms. The molecule has 18 heavy (non-hydrogen) atoms. The van der Waals surface area contributed by atoms with Crippen molar-refractivity contribution < 1.29 is 4.42 Å². The topological polar surface area (TPSA) is 32.5 Å². The highest BCUT2D eigenvalue weighted by molar-refractivity contribution is 5.75. The van der Waals surface area contributed by atoms with E-state index in [9.17, 15) is 0 Å². The van der Waals surface area contributed by atoms with E-state index < -0.39 is 0 Å². The third-order valence-electron chi connectivity index (χ3n) is 3.61. The Hall–Kier alpha value is -1.39. The number of hydrogen-bond donors (Lipinski definition) is 0. The van der Waals surface area contributed by atoms with Gasteiger partial charge < -0.3 is 9.32 Å². The van der Waals surface area contributed by atoms with Crippen LogP contribution in [-0.2, 0) is 6.54 Å². The number of piperazine rings is 1. The van der Waals surface area contributed by atoms with Gasteiger partial charge in [0.05, 0.1) is 6.54 Å². The van der Waals surface area contributed by atoms with Crippen molar-refractivity contribution in [2.24, 2.45) is 0 Å². The Morgan fingerprint density at radius 1 is 1.22 bits per heavy atom. The fourth-order valence-electron chi connectivity index (χ4n) is 2.40. The second kappa shape index (κ2) is 4.71. The molecule has 0 N–H and O–H groups in total. The van der Waals surface area contributed by atoms with Crippen molar-refractivity contribution >= 4 is 11.1 Å². The van der Waals surface area contributed by atoms with Gasteiger partial charge >= 0.3 is 0 Å². The summed E-state index contributed by atoms with van der Waals surface area (Å²) in [6.07, 6.45) is 0. The smallest absolute Gasteiger partial charge is 0.209 e. The molecule has 96 valence electrons. The summed E-state index contributed by atoms with van der Waals surface area (Å²) in [5.41, 5.74) is 3.06. The highest BCUT2D eigenvalue weighted by atomic mass is 16.3. The van der Waals surface area contributed by atoms with E-state index in [1.54, 1.807) is 0 Å². The molecule has 0 bridgehead atoms. The van der Waals surface area contributed by atoms with Crippen molar-refractivity contribution in [2.75, 3.05) is 33.2 Å². The normalized spacial score (nSPS) is 18.6. The zero-order chi connectivity index (χ0) is 12.5. The number of aromatic nitrogens is 1. The van der Waals surface area contributed by atoms with Crippen molar-refractivity contribution in [2.45, 2.75) is 13.5 Å². The van der Waals surface area contributed by atoms with Gasteiger partial charge in [-0.3, -0.25) is 4.90 Å². The number of rotatable bonds is 2.